The molecule has 0 aliphatic heterocycles. The average molecular weight is 219 g/mol. The number of rotatable bonds is 2. The fourth-order valence-electron chi connectivity index (χ4n) is 1.26. The van der Waals surface area contributed by atoms with E-state index in [2.05, 4.69) is 15.5 Å². The summed E-state index contributed by atoms with van der Waals surface area (Å²) < 4.78 is 12.6. The maximum atomic E-state index is 12.6. The Morgan fingerprint density at radius 1 is 1.38 bits per heavy atom. The largest absolute Gasteiger partial charge is 0.321 e. The molecule has 0 radical (unpaired) electrons. The summed E-state index contributed by atoms with van der Waals surface area (Å²) in [4.78, 5) is 11.6. The summed E-state index contributed by atoms with van der Waals surface area (Å²) in [6.07, 6.45) is 0. The van der Waals surface area contributed by atoms with Crippen molar-refractivity contribution in [1.82, 2.24) is 10.2 Å². The van der Waals surface area contributed by atoms with Crippen LogP contribution < -0.4 is 5.32 Å². The fourth-order valence-corrected chi connectivity index (χ4v) is 1.26. The predicted octanol–water partition coefficient (Wildman–Crippen LogP) is 2.11. The van der Waals surface area contributed by atoms with Gasteiger partial charge in [-0.15, -0.1) is 0 Å². The molecule has 1 aromatic heterocycles. The van der Waals surface area contributed by atoms with Crippen molar-refractivity contribution >= 4 is 11.6 Å². The van der Waals surface area contributed by atoms with Crippen LogP contribution in [0.25, 0.3) is 0 Å². The zero-order valence-corrected chi connectivity index (χ0v) is 8.62. The summed E-state index contributed by atoms with van der Waals surface area (Å²) >= 11 is 0. The molecule has 2 rings (SSSR count). The van der Waals surface area contributed by atoms with Gasteiger partial charge in [0, 0.05) is 11.4 Å². The van der Waals surface area contributed by atoms with E-state index in [0.29, 0.717) is 11.4 Å². The molecule has 1 aromatic carbocycles. The monoisotopic (exact) mass is 219 g/mol. The van der Waals surface area contributed by atoms with Gasteiger partial charge in [-0.25, -0.2) is 4.39 Å². The van der Waals surface area contributed by atoms with Gasteiger partial charge in [0.25, 0.3) is 5.91 Å². The Balaban J connectivity index is 2.10. The third-order valence-corrected chi connectivity index (χ3v) is 2.04. The first kappa shape index (κ1) is 10.4. The van der Waals surface area contributed by atoms with Crippen molar-refractivity contribution in [2.75, 3.05) is 5.32 Å². The number of H-pyrrole nitrogens is 1. The zero-order chi connectivity index (χ0) is 11.5. The topological polar surface area (TPSA) is 57.8 Å². The van der Waals surface area contributed by atoms with Gasteiger partial charge in [0.05, 0.1) is 0 Å². The molecule has 82 valence electrons. The summed E-state index contributed by atoms with van der Waals surface area (Å²) in [7, 11) is 0. The Bertz CT molecular complexity index is 504. The normalized spacial score (nSPS) is 10.1. The molecule has 0 bridgehead atoms. The van der Waals surface area contributed by atoms with Crippen molar-refractivity contribution in [1.29, 1.82) is 0 Å². The first-order valence-electron chi connectivity index (χ1n) is 4.74. The van der Waals surface area contributed by atoms with Crippen molar-refractivity contribution in [2.45, 2.75) is 6.92 Å². The number of nitrogens with one attached hydrogen (secondary N) is 2. The van der Waals surface area contributed by atoms with Crippen molar-refractivity contribution in [3.8, 4) is 0 Å². The Morgan fingerprint density at radius 2 is 2.06 bits per heavy atom. The van der Waals surface area contributed by atoms with E-state index in [4.69, 9.17) is 0 Å². The lowest BCUT2D eigenvalue weighted by molar-refractivity contribution is 0.102. The van der Waals surface area contributed by atoms with Crippen LogP contribution >= 0.6 is 0 Å². The zero-order valence-electron chi connectivity index (χ0n) is 8.62. The predicted molar refractivity (Wildman–Crippen MR) is 57.7 cm³/mol. The van der Waals surface area contributed by atoms with Crippen LogP contribution in [0.15, 0.2) is 30.3 Å². The average Bonchev–Trinajstić information content (AvgIpc) is 2.68. The maximum Gasteiger partial charge on any atom is 0.276 e. The second-order valence-electron chi connectivity index (χ2n) is 3.40. The molecule has 5 heteroatoms. The molecule has 1 heterocycles. The second-order valence-corrected chi connectivity index (χ2v) is 3.40. The number of carbonyl (C=O) groups is 1. The second kappa shape index (κ2) is 4.14. The van der Waals surface area contributed by atoms with Gasteiger partial charge in [-0.1, -0.05) is 0 Å². The number of halogens is 1. The van der Waals surface area contributed by atoms with Crippen LogP contribution in [0.1, 0.15) is 16.2 Å². The SMILES string of the molecule is Cc1cc(C(=O)Nc2ccc(F)cc2)n[nH]1. The minimum atomic E-state index is -0.339. The molecular weight excluding hydrogens is 209 g/mol. The summed E-state index contributed by atoms with van der Waals surface area (Å²) in [5.41, 5.74) is 1.65. The Hall–Kier alpha value is -2.17. The number of aryl methyl sites for hydroxylation is 1. The molecule has 0 atom stereocenters. The van der Waals surface area contributed by atoms with Crippen LogP contribution in [0.4, 0.5) is 10.1 Å². The summed E-state index contributed by atoms with van der Waals surface area (Å²) in [6, 6.07) is 7.19. The number of benzene rings is 1. The molecular formula is C11H10FN3O. The van der Waals surface area contributed by atoms with Crippen molar-refractivity contribution < 1.29 is 9.18 Å². The van der Waals surface area contributed by atoms with Crippen LogP contribution in [0.3, 0.4) is 0 Å². The van der Waals surface area contributed by atoms with E-state index in [0.717, 1.165) is 5.69 Å². The summed E-state index contributed by atoms with van der Waals surface area (Å²) in [5.74, 6) is -0.662. The van der Waals surface area contributed by atoms with Crippen LogP contribution in [0.5, 0.6) is 0 Å². The van der Waals surface area contributed by atoms with E-state index in [1.54, 1.807) is 6.07 Å². The maximum absolute atomic E-state index is 12.6. The Labute approximate surface area is 91.5 Å². The Morgan fingerprint density at radius 3 is 2.62 bits per heavy atom. The fraction of sp³-hybridized carbons (Fsp3) is 0.0909. The van der Waals surface area contributed by atoms with Gasteiger partial charge in [0.15, 0.2) is 5.69 Å². The molecule has 2 N–H and O–H groups in total. The van der Waals surface area contributed by atoms with Gasteiger partial charge >= 0.3 is 0 Å². The van der Waals surface area contributed by atoms with Crippen LogP contribution in [-0.4, -0.2) is 16.1 Å². The standard InChI is InChI=1S/C11H10FN3O/c1-7-6-10(15-14-7)11(16)13-9-4-2-8(12)3-5-9/h2-6H,1H3,(H,13,16)(H,14,15). The number of amides is 1. The van der Waals surface area contributed by atoms with E-state index in [1.807, 2.05) is 6.92 Å². The highest BCUT2D eigenvalue weighted by atomic mass is 19.1. The molecule has 0 fully saturated rings. The van der Waals surface area contributed by atoms with Gasteiger partial charge in [-0.05, 0) is 37.3 Å². The molecule has 0 saturated carbocycles. The van der Waals surface area contributed by atoms with Crippen molar-refractivity contribution in [2.24, 2.45) is 0 Å². The number of hydrogen-bond donors (Lipinski definition) is 2. The molecule has 16 heavy (non-hydrogen) atoms. The van der Waals surface area contributed by atoms with Crippen LogP contribution in [0, 0.1) is 12.7 Å². The minimum Gasteiger partial charge on any atom is -0.321 e. The first-order chi connectivity index (χ1) is 7.65. The molecule has 1 amide bonds. The number of aromatic amines is 1. The molecule has 0 spiro atoms. The summed E-state index contributed by atoms with van der Waals surface area (Å²) in [6.45, 7) is 1.81. The van der Waals surface area contributed by atoms with E-state index in [1.165, 1.54) is 24.3 Å². The number of hydrogen-bond acceptors (Lipinski definition) is 2. The van der Waals surface area contributed by atoms with Crippen molar-refractivity contribution in [3.05, 3.63) is 47.5 Å². The van der Waals surface area contributed by atoms with E-state index in [9.17, 15) is 9.18 Å². The number of carbonyl (C=O) groups excluding carboxylic acids is 1. The molecule has 0 aliphatic carbocycles. The van der Waals surface area contributed by atoms with Gasteiger partial charge in [0.2, 0.25) is 0 Å². The first-order valence-corrected chi connectivity index (χ1v) is 4.74. The number of nitrogens with zero attached hydrogens (tertiary/aromatic N) is 1. The third kappa shape index (κ3) is 2.25. The van der Waals surface area contributed by atoms with Crippen LogP contribution in [0.2, 0.25) is 0 Å². The quantitative estimate of drug-likeness (QED) is 0.812. The molecule has 0 aliphatic rings. The van der Waals surface area contributed by atoms with Gasteiger partial charge in [-0.2, -0.15) is 5.10 Å². The minimum absolute atomic E-state index is 0.307. The molecule has 4 nitrogen and oxygen atoms in total. The van der Waals surface area contributed by atoms with E-state index >= 15 is 0 Å². The lowest BCUT2D eigenvalue weighted by Crippen LogP contribution is -2.12. The highest BCUT2D eigenvalue weighted by Crippen LogP contribution is 2.09. The molecule has 0 saturated heterocycles. The molecule has 2 aromatic rings. The smallest absolute Gasteiger partial charge is 0.276 e. The number of anilines is 1. The van der Waals surface area contributed by atoms with Gasteiger partial charge < -0.3 is 5.32 Å². The highest BCUT2D eigenvalue weighted by Gasteiger charge is 2.08. The van der Waals surface area contributed by atoms with E-state index in [-0.39, 0.29) is 11.7 Å². The molecule has 0 unspecified atom stereocenters. The van der Waals surface area contributed by atoms with Crippen LogP contribution in [-0.2, 0) is 0 Å². The lowest BCUT2D eigenvalue weighted by atomic mass is 10.3. The van der Waals surface area contributed by atoms with Gasteiger partial charge in [0.1, 0.15) is 5.82 Å². The summed E-state index contributed by atoms with van der Waals surface area (Å²) in [5, 5.41) is 9.10. The number of aromatic nitrogens is 2. The lowest BCUT2D eigenvalue weighted by Gasteiger charge is -2.01. The third-order valence-electron chi connectivity index (χ3n) is 2.04. The van der Waals surface area contributed by atoms with Gasteiger partial charge in [-0.3, -0.25) is 9.89 Å². The highest BCUT2D eigenvalue weighted by molar-refractivity contribution is 6.02. The Kier molecular flexibility index (Phi) is 2.68. The van der Waals surface area contributed by atoms with Crippen molar-refractivity contribution in [3.63, 3.8) is 0 Å². The van der Waals surface area contributed by atoms with E-state index < -0.39 is 0 Å².